The number of likely N-dealkylation sites (tertiary alicyclic amines) is 1. The zero-order chi connectivity index (χ0) is 20.8. The standard InChI is InChI=1S/C20H27N3O6/c1-2-15-5-3-4-8-22(15)19(24)14-29-20(25)17-13-16(23(26)27)6-7-18(17)21-9-11-28-12-10-21/h6-7,13,15H,2-5,8-12,14H2,1H3/t15-/m1/s1. The van der Waals surface area contributed by atoms with Crippen LogP contribution in [0.2, 0.25) is 0 Å². The fraction of sp³-hybridized carbons (Fsp3) is 0.600. The van der Waals surface area contributed by atoms with Crippen molar-refractivity contribution in [2.75, 3.05) is 44.4 Å². The Labute approximate surface area is 169 Å². The molecule has 0 unspecified atom stereocenters. The molecule has 0 aromatic heterocycles. The Hall–Kier alpha value is -2.68. The van der Waals surface area contributed by atoms with Gasteiger partial charge in [-0.1, -0.05) is 6.92 Å². The third-order valence-corrected chi connectivity index (χ3v) is 5.51. The molecular formula is C20H27N3O6. The summed E-state index contributed by atoms with van der Waals surface area (Å²) in [4.78, 5) is 39.7. The second-order valence-electron chi connectivity index (χ2n) is 7.28. The van der Waals surface area contributed by atoms with Crippen LogP contribution in [0.15, 0.2) is 18.2 Å². The Bertz CT molecular complexity index is 763. The summed E-state index contributed by atoms with van der Waals surface area (Å²) in [5, 5.41) is 11.2. The first kappa shape index (κ1) is 21.0. The van der Waals surface area contributed by atoms with Crippen molar-refractivity contribution < 1.29 is 24.0 Å². The van der Waals surface area contributed by atoms with E-state index in [0.717, 1.165) is 25.7 Å². The second-order valence-corrected chi connectivity index (χ2v) is 7.28. The smallest absolute Gasteiger partial charge is 0.341 e. The van der Waals surface area contributed by atoms with Crippen LogP contribution < -0.4 is 4.90 Å². The maximum absolute atomic E-state index is 12.7. The molecule has 2 saturated heterocycles. The molecular weight excluding hydrogens is 378 g/mol. The molecule has 2 aliphatic heterocycles. The number of non-ortho nitro benzene ring substituents is 1. The monoisotopic (exact) mass is 405 g/mol. The Morgan fingerprint density at radius 1 is 1.24 bits per heavy atom. The number of piperidine rings is 1. The number of nitrogens with zero attached hydrogens (tertiary/aromatic N) is 3. The highest BCUT2D eigenvalue weighted by Crippen LogP contribution is 2.27. The summed E-state index contributed by atoms with van der Waals surface area (Å²) in [6.07, 6.45) is 3.87. The van der Waals surface area contributed by atoms with Gasteiger partial charge in [0.05, 0.1) is 29.4 Å². The molecule has 9 nitrogen and oxygen atoms in total. The summed E-state index contributed by atoms with van der Waals surface area (Å²) in [6, 6.07) is 4.32. The van der Waals surface area contributed by atoms with E-state index in [2.05, 4.69) is 0 Å². The normalized spacial score (nSPS) is 19.7. The van der Waals surface area contributed by atoms with Crippen molar-refractivity contribution >= 4 is 23.3 Å². The predicted molar refractivity (Wildman–Crippen MR) is 106 cm³/mol. The molecule has 0 aliphatic carbocycles. The van der Waals surface area contributed by atoms with Crippen molar-refractivity contribution in [1.82, 2.24) is 4.90 Å². The van der Waals surface area contributed by atoms with E-state index >= 15 is 0 Å². The maximum Gasteiger partial charge on any atom is 0.341 e. The van der Waals surface area contributed by atoms with Crippen molar-refractivity contribution in [3.63, 3.8) is 0 Å². The minimum Gasteiger partial charge on any atom is -0.452 e. The van der Waals surface area contributed by atoms with E-state index < -0.39 is 10.9 Å². The van der Waals surface area contributed by atoms with Gasteiger partial charge in [0.15, 0.2) is 6.61 Å². The van der Waals surface area contributed by atoms with Gasteiger partial charge in [-0.15, -0.1) is 0 Å². The van der Waals surface area contributed by atoms with Gasteiger partial charge in [0.2, 0.25) is 0 Å². The number of benzene rings is 1. The highest BCUT2D eigenvalue weighted by atomic mass is 16.6. The van der Waals surface area contributed by atoms with Crippen LogP contribution in [-0.4, -0.2) is 67.2 Å². The lowest BCUT2D eigenvalue weighted by Crippen LogP contribution is -2.45. The predicted octanol–water partition coefficient (Wildman–Crippen LogP) is 2.38. The number of ether oxygens (including phenoxy) is 2. The van der Waals surface area contributed by atoms with Crippen LogP contribution >= 0.6 is 0 Å². The van der Waals surface area contributed by atoms with E-state index in [1.54, 1.807) is 11.0 Å². The number of nitro groups is 1. The molecule has 1 amide bonds. The van der Waals surface area contributed by atoms with Crippen LogP contribution in [0.4, 0.5) is 11.4 Å². The second kappa shape index (κ2) is 9.69. The molecule has 0 radical (unpaired) electrons. The van der Waals surface area contributed by atoms with Crippen molar-refractivity contribution in [3.8, 4) is 0 Å². The fourth-order valence-electron chi connectivity index (χ4n) is 3.92. The van der Waals surface area contributed by atoms with Crippen molar-refractivity contribution in [1.29, 1.82) is 0 Å². The molecule has 3 rings (SSSR count). The van der Waals surface area contributed by atoms with Gasteiger partial charge in [-0.25, -0.2) is 4.79 Å². The fourth-order valence-corrected chi connectivity index (χ4v) is 3.92. The van der Waals surface area contributed by atoms with E-state index in [1.165, 1.54) is 12.1 Å². The zero-order valence-electron chi connectivity index (χ0n) is 16.7. The summed E-state index contributed by atoms with van der Waals surface area (Å²) in [5.74, 6) is -0.947. The van der Waals surface area contributed by atoms with Gasteiger partial charge in [-0.3, -0.25) is 14.9 Å². The largest absolute Gasteiger partial charge is 0.452 e. The number of carbonyl (C=O) groups excluding carboxylic acids is 2. The topological polar surface area (TPSA) is 102 Å². The Balaban J connectivity index is 1.73. The number of amides is 1. The van der Waals surface area contributed by atoms with E-state index in [4.69, 9.17) is 9.47 Å². The van der Waals surface area contributed by atoms with Crippen molar-refractivity contribution in [2.24, 2.45) is 0 Å². The molecule has 0 bridgehead atoms. The molecule has 0 N–H and O–H groups in total. The van der Waals surface area contributed by atoms with Gasteiger partial charge in [0, 0.05) is 37.8 Å². The lowest BCUT2D eigenvalue weighted by atomic mass is 10.00. The Kier molecular flexibility index (Phi) is 7.03. The SMILES string of the molecule is CC[C@@H]1CCCCN1C(=O)COC(=O)c1cc([N+](=O)[O-])ccc1N1CCOCC1. The van der Waals surface area contributed by atoms with E-state index in [1.807, 2.05) is 11.8 Å². The minimum atomic E-state index is -0.728. The Morgan fingerprint density at radius 2 is 2.00 bits per heavy atom. The molecule has 158 valence electrons. The number of hydrogen-bond acceptors (Lipinski definition) is 7. The summed E-state index contributed by atoms with van der Waals surface area (Å²) < 4.78 is 10.6. The summed E-state index contributed by atoms with van der Waals surface area (Å²) >= 11 is 0. The first-order chi connectivity index (χ1) is 14.0. The lowest BCUT2D eigenvalue weighted by Gasteiger charge is -2.35. The molecule has 1 atom stereocenters. The minimum absolute atomic E-state index is 0.0968. The molecule has 2 fully saturated rings. The van der Waals surface area contributed by atoms with Gasteiger partial charge in [-0.05, 0) is 31.7 Å². The zero-order valence-corrected chi connectivity index (χ0v) is 16.7. The molecule has 9 heteroatoms. The van der Waals surface area contributed by atoms with Crippen LogP contribution in [0.25, 0.3) is 0 Å². The van der Waals surface area contributed by atoms with Crippen LogP contribution in [-0.2, 0) is 14.3 Å². The highest BCUT2D eigenvalue weighted by Gasteiger charge is 2.27. The maximum atomic E-state index is 12.7. The number of esters is 1. The number of morpholine rings is 1. The van der Waals surface area contributed by atoms with Crippen molar-refractivity contribution in [3.05, 3.63) is 33.9 Å². The first-order valence-corrected chi connectivity index (χ1v) is 10.1. The average Bonchev–Trinajstić information content (AvgIpc) is 2.77. The van der Waals surface area contributed by atoms with Crippen LogP contribution in [0.1, 0.15) is 43.0 Å². The molecule has 0 spiro atoms. The van der Waals surface area contributed by atoms with Gasteiger partial charge in [0.1, 0.15) is 0 Å². The number of hydrogen-bond donors (Lipinski definition) is 0. The average molecular weight is 405 g/mol. The number of nitro benzene ring substituents is 1. The van der Waals surface area contributed by atoms with Gasteiger partial charge < -0.3 is 19.3 Å². The molecule has 29 heavy (non-hydrogen) atoms. The van der Waals surface area contributed by atoms with Gasteiger partial charge in [0.25, 0.3) is 11.6 Å². The molecule has 2 heterocycles. The number of carbonyl (C=O) groups is 2. The molecule has 1 aromatic carbocycles. The van der Waals surface area contributed by atoms with Crippen LogP contribution in [0.3, 0.4) is 0 Å². The quantitative estimate of drug-likeness (QED) is 0.407. The van der Waals surface area contributed by atoms with E-state index in [0.29, 0.717) is 38.5 Å². The highest BCUT2D eigenvalue weighted by molar-refractivity contribution is 5.97. The summed E-state index contributed by atoms with van der Waals surface area (Å²) in [6.45, 7) is 4.52. The number of anilines is 1. The van der Waals surface area contributed by atoms with Crippen molar-refractivity contribution in [2.45, 2.75) is 38.6 Å². The third kappa shape index (κ3) is 5.03. The van der Waals surface area contributed by atoms with Crippen LogP contribution in [0.5, 0.6) is 0 Å². The first-order valence-electron chi connectivity index (χ1n) is 10.1. The summed E-state index contributed by atoms with van der Waals surface area (Å²) in [7, 11) is 0. The number of rotatable bonds is 6. The van der Waals surface area contributed by atoms with Gasteiger partial charge >= 0.3 is 5.97 Å². The van der Waals surface area contributed by atoms with Gasteiger partial charge in [-0.2, -0.15) is 0 Å². The summed E-state index contributed by atoms with van der Waals surface area (Å²) in [5.41, 5.74) is 0.461. The van der Waals surface area contributed by atoms with E-state index in [-0.39, 0.29) is 29.8 Å². The third-order valence-electron chi connectivity index (χ3n) is 5.51. The molecule has 1 aromatic rings. The molecule has 0 saturated carbocycles. The Morgan fingerprint density at radius 3 is 2.69 bits per heavy atom. The van der Waals surface area contributed by atoms with E-state index in [9.17, 15) is 19.7 Å². The van der Waals surface area contributed by atoms with Crippen LogP contribution in [0, 0.1) is 10.1 Å². The molecule has 2 aliphatic rings. The lowest BCUT2D eigenvalue weighted by molar-refractivity contribution is -0.384.